The van der Waals surface area contributed by atoms with Crippen LogP contribution in [-0.4, -0.2) is 51.2 Å². The minimum absolute atomic E-state index is 0.117. The van der Waals surface area contributed by atoms with E-state index >= 15 is 0 Å². The summed E-state index contributed by atoms with van der Waals surface area (Å²) in [5.41, 5.74) is 6.69. The highest BCUT2D eigenvalue weighted by atomic mass is 16.6. The number of allylic oxidation sites excluding steroid dienone is 2. The Morgan fingerprint density at radius 2 is 1.89 bits per heavy atom. The molecular weight excluding hydrogens is 474 g/mol. The summed E-state index contributed by atoms with van der Waals surface area (Å²) >= 11 is 0. The lowest BCUT2D eigenvalue weighted by atomic mass is 10.2. The lowest BCUT2D eigenvalue weighted by molar-refractivity contribution is -0.120. The van der Waals surface area contributed by atoms with E-state index in [9.17, 15) is 4.79 Å². The maximum absolute atomic E-state index is 12.4. The van der Waals surface area contributed by atoms with Gasteiger partial charge in [0.2, 0.25) is 5.91 Å². The topological polar surface area (TPSA) is 115 Å². The molecule has 3 rings (SSSR count). The second-order valence-electron chi connectivity index (χ2n) is 7.11. The normalized spacial score (nSPS) is 12.6. The molecular formula is C27H35N5O5. The molecule has 3 N–H and O–H groups in total. The molecule has 0 atom stereocenters. The Kier molecular flexibility index (Phi) is 12.6. The Balaban J connectivity index is 0.00000235. The van der Waals surface area contributed by atoms with Crippen LogP contribution in [-0.2, 0) is 20.7 Å². The Labute approximate surface area is 218 Å². The van der Waals surface area contributed by atoms with Crippen LogP contribution in [0.3, 0.4) is 0 Å². The van der Waals surface area contributed by atoms with Crippen LogP contribution in [0, 0.1) is 0 Å². The smallest absolute Gasteiger partial charge is 0.242 e. The molecule has 1 aliphatic heterocycles. The number of carbonyl (C=O) groups is 1. The number of rotatable bonds is 12. The number of anilines is 1. The number of nitrogens with zero attached hydrogens (tertiary/aromatic N) is 2. The number of pyridine rings is 1. The van der Waals surface area contributed by atoms with Crippen molar-refractivity contribution >= 4 is 23.8 Å². The van der Waals surface area contributed by atoms with Gasteiger partial charge in [0.25, 0.3) is 0 Å². The van der Waals surface area contributed by atoms with Crippen molar-refractivity contribution in [3.63, 3.8) is 0 Å². The van der Waals surface area contributed by atoms with Crippen LogP contribution in [0.2, 0.25) is 0 Å². The molecule has 0 radical (unpaired) electrons. The van der Waals surface area contributed by atoms with E-state index in [1.165, 1.54) is 6.34 Å². The van der Waals surface area contributed by atoms with Crippen molar-refractivity contribution in [3.8, 4) is 11.5 Å². The molecule has 1 aromatic heterocycles. The number of amides is 1. The Morgan fingerprint density at radius 1 is 1.14 bits per heavy atom. The Bertz CT molecular complexity index is 1110. The van der Waals surface area contributed by atoms with Crippen LogP contribution in [0.5, 0.6) is 11.5 Å². The number of nitrogens with one attached hydrogen (secondary N) is 3. The van der Waals surface area contributed by atoms with Crippen LogP contribution in [0.15, 0.2) is 77.8 Å². The quantitative estimate of drug-likeness (QED) is 0.129. The molecule has 10 nitrogen and oxygen atoms in total. The number of benzene rings is 1. The fraction of sp³-hybridized carbons (Fsp3) is 0.296. The van der Waals surface area contributed by atoms with Crippen molar-refractivity contribution in [2.24, 2.45) is 4.99 Å². The molecule has 0 saturated carbocycles. The lowest BCUT2D eigenvalue weighted by Crippen LogP contribution is -2.37. The SMILES string of the molecule is C=C/C(=C\C(=C/CNc1ncccc1CC(=O)NNC=Nc1ccc2c(c1)OCCO2)OC)OC.CC. The van der Waals surface area contributed by atoms with E-state index in [2.05, 4.69) is 32.7 Å². The molecule has 1 amide bonds. The van der Waals surface area contributed by atoms with Crippen LogP contribution >= 0.6 is 0 Å². The largest absolute Gasteiger partial charge is 0.497 e. The van der Waals surface area contributed by atoms with Crippen molar-refractivity contribution in [1.82, 2.24) is 15.8 Å². The van der Waals surface area contributed by atoms with Crippen molar-refractivity contribution in [2.45, 2.75) is 20.3 Å². The second-order valence-corrected chi connectivity index (χ2v) is 7.11. The van der Waals surface area contributed by atoms with Gasteiger partial charge in [-0.3, -0.25) is 15.6 Å². The third-order valence-electron chi connectivity index (χ3n) is 4.79. The third-order valence-corrected chi connectivity index (χ3v) is 4.79. The number of carbonyl (C=O) groups excluding carboxylic acids is 1. The highest BCUT2D eigenvalue weighted by Gasteiger charge is 2.11. The summed E-state index contributed by atoms with van der Waals surface area (Å²) < 4.78 is 21.5. The zero-order valence-electron chi connectivity index (χ0n) is 21.7. The molecule has 0 fully saturated rings. The van der Waals surface area contributed by atoms with Gasteiger partial charge >= 0.3 is 0 Å². The number of hydrogen-bond donors (Lipinski definition) is 3. The molecule has 0 spiro atoms. The summed E-state index contributed by atoms with van der Waals surface area (Å²) in [6.07, 6.45) is 8.31. The number of fused-ring (bicyclic) bond motifs is 1. The van der Waals surface area contributed by atoms with E-state index in [1.807, 2.05) is 26.0 Å². The highest BCUT2D eigenvalue weighted by Crippen LogP contribution is 2.33. The van der Waals surface area contributed by atoms with E-state index in [4.69, 9.17) is 18.9 Å². The minimum Gasteiger partial charge on any atom is -0.497 e. The van der Waals surface area contributed by atoms with E-state index in [0.29, 0.717) is 54.3 Å². The first kappa shape index (κ1) is 28.8. The lowest BCUT2D eigenvalue weighted by Gasteiger charge is -2.18. The number of aliphatic imine (C=N–C) groups is 1. The molecule has 37 heavy (non-hydrogen) atoms. The van der Waals surface area contributed by atoms with Gasteiger partial charge in [-0.05, 0) is 30.4 Å². The molecule has 1 aromatic carbocycles. The fourth-order valence-corrected chi connectivity index (χ4v) is 3.08. The highest BCUT2D eigenvalue weighted by molar-refractivity contribution is 5.81. The van der Waals surface area contributed by atoms with Crippen molar-refractivity contribution in [2.75, 3.05) is 39.3 Å². The number of hydrogen-bond acceptors (Lipinski definition) is 8. The van der Waals surface area contributed by atoms with Crippen LogP contribution in [0.4, 0.5) is 11.5 Å². The molecule has 0 saturated heterocycles. The summed E-state index contributed by atoms with van der Waals surface area (Å²) in [6.45, 7) is 9.15. The van der Waals surface area contributed by atoms with Gasteiger partial charge in [-0.15, -0.1) is 0 Å². The average Bonchev–Trinajstić information content (AvgIpc) is 2.95. The number of hydrazine groups is 1. The summed E-state index contributed by atoms with van der Waals surface area (Å²) in [6, 6.07) is 8.98. The van der Waals surface area contributed by atoms with E-state index < -0.39 is 0 Å². The van der Waals surface area contributed by atoms with E-state index in [0.717, 1.165) is 5.56 Å². The van der Waals surface area contributed by atoms with Gasteiger partial charge in [-0.2, -0.15) is 0 Å². The Hall–Kier alpha value is -4.47. The first-order valence-electron chi connectivity index (χ1n) is 11.9. The monoisotopic (exact) mass is 509 g/mol. The predicted octanol–water partition coefficient (Wildman–Crippen LogP) is 4.06. The molecule has 0 aliphatic carbocycles. The number of methoxy groups -OCH3 is 2. The van der Waals surface area contributed by atoms with Crippen molar-refractivity contribution in [3.05, 3.63) is 78.4 Å². The third kappa shape index (κ3) is 9.60. The fourth-order valence-electron chi connectivity index (χ4n) is 3.08. The van der Waals surface area contributed by atoms with Crippen molar-refractivity contribution < 1.29 is 23.7 Å². The number of aromatic nitrogens is 1. The van der Waals surface area contributed by atoms with E-state index in [1.54, 1.807) is 56.8 Å². The van der Waals surface area contributed by atoms with Gasteiger partial charge in [0, 0.05) is 30.4 Å². The predicted molar refractivity (Wildman–Crippen MR) is 145 cm³/mol. The average molecular weight is 510 g/mol. The standard InChI is InChI=1S/C25H29N5O5.C2H6/c1-4-20(32-2)16-21(33-3)9-11-27-25-18(6-5-10-26-25)14-24(31)30-29-17-28-19-7-8-22-23(15-19)35-13-12-34-22;1-2/h4-10,15-17H,1,11-14H2,2-3H3,(H,26,27)(H,28,29)(H,30,31);1-2H3/b20-16+,21-9+;. The van der Waals surface area contributed by atoms with Gasteiger partial charge in [0.05, 0.1) is 26.3 Å². The van der Waals surface area contributed by atoms with Gasteiger partial charge in [0.1, 0.15) is 36.9 Å². The zero-order chi connectivity index (χ0) is 26.9. The first-order chi connectivity index (χ1) is 18.1. The summed E-state index contributed by atoms with van der Waals surface area (Å²) in [7, 11) is 3.13. The maximum Gasteiger partial charge on any atom is 0.242 e. The molecule has 2 aromatic rings. The Morgan fingerprint density at radius 3 is 2.62 bits per heavy atom. The maximum atomic E-state index is 12.4. The molecule has 0 unspecified atom stereocenters. The number of ether oxygens (including phenoxy) is 4. The molecule has 0 bridgehead atoms. The van der Waals surface area contributed by atoms with E-state index in [-0.39, 0.29) is 12.3 Å². The summed E-state index contributed by atoms with van der Waals surface area (Å²) in [5, 5.41) is 3.19. The van der Waals surface area contributed by atoms with Gasteiger partial charge < -0.3 is 24.3 Å². The molecule has 1 aliphatic rings. The summed E-state index contributed by atoms with van der Waals surface area (Å²) in [5.74, 6) is 2.87. The zero-order valence-corrected chi connectivity index (χ0v) is 21.7. The molecule has 2 heterocycles. The first-order valence-corrected chi connectivity index (χ1v) is 11.9. The second kappa shape index (κ2) is 16.2. The van der Waals surface area contributed by atoms with Gasteiger partial charge in [-0.25, -0.2) is 9.98 Å². The van der Waals surface area contributed by atoms with Crippen LogP contribution in [0.1, 0.15) is 19.4 Å². The van der Waals surface area contributed by atoms with Crippen LogP contribution in [0.25, 0.3) is 0 Å². The van der Waals surface area contributed by atoms with Crippen LogP contribution < -0.4 is 25.6 Å². The van der Waals surface area contributed by atoms with Gasteiger partial charge in [-0.1, -0.05) is 26.5 Å². The summed E-state index contributed by atoms with van der Waals surface area (Å²) in [4.78, 5) is 21.0. The minimum atomic E-state index is -0.249. The van der Waals surface area contributed by atoms with Crippen molar-refractivity contribution in [1.29, 1.82) is 0 Å². The van der Waals surface area contributed by atoms with Gasteiger partial charge in [0.15, 0.2) is 11.5 Å². The molecule has 10 heteroatoms. The molecule has 198 valence electrons.